The van der Waals surface area contributed by atoms with E-state index in [0.717, 1.165) is 0 Å². The predicted molar refractivity (Wildman–Crippen MR) is 108 cm³/mol. The summed E-state index contributed by atoms with van der Waals surface area (Å²) in [5.74, 6) is -3.86. The van der Waals surface area contributed by atoms with Crippen molar-refractivity contribution < 1.29 is 39.6 Å². The fourth-order valence-electron chi connectivity index (χ4n) is 2.43. The molecular weight excluding hydrogens is 412 g/mol. The second-order valence-electron chi connectivity index (χ2n) is 7.01. The van der Waals surface area contributed by atoms with Crippen LogP contribution in [0.2, 0.25) is 0 Å². The largest absolute Gasteiger partial charge is 0.508 e. The molecule has 0 aliphatic heterocycles. The number of carbonyl (C=O) groups excluding carboxylic acids is 3. The second-order valence-corrected chi connectivity index (χ2v) is 7.01. The van der Waals surface area contributed by atoms with Crippen molar-refractivity contribution in [2.45, 2.75) is 50.5 Å². The Morgan fingerprint density at radius 2 is 1.48 bits per heavy atom. The number of aliphatic hydroxyl groups is 2. The van der Waals surface area contributed by atoms with Gasteiger partial charge in [0.25, 0.3) is 0 Å². The zero-order chi connectivity index (χ0) is 23.7. The van der Waals surface area contributed by atoms with Crippen molar-refractivity contribution in [2.75, 3.05) is 6.61 Å². The molecule has 1 rings (SSSR count). The Morgan fingerprint density at radius 3 is 1.97 bits per heavy atom. The minimum Gasteiger partial charge on any atom is -0.508 e. The first-order chi connectivity index (χ1) is 14.5. The SMILES string of the molecule is CC(NC(=O)C(Cc1ccc(O)cc1)NC(=O)C(N)C(C)O)C(=O)NC(CO)C(=O)O. The molecule has 172 valence electrons. The molecule has 9 N–H and O–H groups in total. The number of carboxylic acids is 1. The number of nitrogens with one attached hydrogen (secondary N) is 3. The number of aromatic hydroxyl groups is 1. The molecule has 12 nitrogen and oxygen atoms in total. The van der Waals surface area contributed by atoms with Gasteiger partial charge in [-0.15, -0.1) is 0 Å². The minimum atomic E-state index is -1.54. The summed E-state index contributed by atoms with van der Waals surface area (Å²) in [5, 5.41) is 43.6. The van der Waals surface area contributed by atoms with Gasteiger partial charge in [-0.1, -0.05) is 12.1 Å². The van der Waals surface area contributed by atoms with E-state index in [9.17, 15) is 29.4 Å². The lowest BCUT2D eigenvalue weighted by atomic mass is 10.0. The number of hydrogen-bond acceptors (Lipinski definition) is 8. The standard InChI is InChI=1S/C19H28N4O8/c1-9(16(27)23-14(8-24)19(30)31)21-17(28)13(22-18(29)15(20)10(2)25)7-11-3-5-12(26)6-4-11/h3-6,9-10,13-15,24-26H,7-8,20H2,1-2H3,(H,21,28)(H,22,29)(H,23,27)(H,30,31). The van der Waals surface area contributed by atoms with E-state index in [4.69, 9.17) is 15.9 Å². The molecule has 3 amide bonds. The molecule has 1 aromatic rings. The first kappa shape index (κ1) is 25.8. The van der Waals surface area contributed by atoms with Crippen LogP contribution in [0.5, 0.6) is 5.75 Å². The molecule has 31 heavy (non-hydrogen) atoms. The van der Waals surface area contributed by atoms with Crippen molar-refractivity contribution in [3.8, 4) is 5.75 Å². The lowest BCUT2D eigenvalue weighted by molar-refractivity contribution is -0.143. The number of aliphatic carboxylic acids is 1. The monoisotopic (exact) mass is 440 g/mol. The van der Waals surface area contributed by atoms with Crippen molar-refractivity contribution in [3.05, 3.63) is 29.8 Å². The van der Waals surface area contributed by atoms with Crippen LogP contribution >= 0.6 is 0 Å². The van der Waals surface area contributed by atoms with Gasteiger partial charge in [-0.3, -0.25) is 14.4 Å². The number of hydrogen-bond donors (Lipinski definition) is 8. The molecular formula is C19H28N4O8. The summed E-state index contributed by atoms with van der Waals surface area (Å²) in [6.07, 6.45) is -1.19. The van der Waals surface area contributed by atoms with Crippen LogP contribution in [0.4, 0.5) is 0 Å². The highest BCUT2D eigenvalue weighted by Gasteiger charge is 2.29. The van der Waals surface area contributed by atoms with Gasteiger partial charge < -0.3 is 42.1 Å². The van der Waals surface area contributed by atoms with E-state index in [2.05, 4.69) is 16.0 Å². The summed E-state index contributed by atoms with van der Waals surface area (Å²) in [4.78, 5) is 48.0. The average Bonchev–Trinajstić information content (AvgIpc) is 2.71. The van der Waals surface area contributed by atoms with E-state index in [1.54, 1.807) is 0 Å². The molecule has 0 aliphatic carbocycles. The van der Waals surface area contributed by atoms with Crippen molar-refractivity contribution in [2.24, 2.45) is 5.73 Å². The normalized spacial score (nSPS) is 15.6. The number of phenolic OH excluding ortho intramolecular Hbond substituents is 1. The summed E-state index contributed by atoms with van der Waals surface area (Å²) in [6, 6.07) is 0.641. The zero-order valence-corrected chi connectivity index (χ0v) is 17.1. The number of phenols is 1. The second kappa shape index (κ2) is 11.8. The number of carbonyl (C=O) groups is 4. The molecule has 0 aromatic heterocycles. The van der Waals surface area contributed by atoms with E-state index in [0.29, 0.717) is 5.56 Å². The number of aliphatic hydroxyl groups excluding tert-OH is 2. The molecule has 0 saturated heterocycles. The molecule has 0 saturated carbocycles. The molecule has 0 spiro atoms. The van der Waals surface area contributed by atoms with Crippen LogP contribution in [0, 0.1) is 0 Å². The summed E-state index contributed by atoms with van der Waals surface area (Å²) < 4.78 is 0. The predicted octanol–water partition coefficient (Wildman–Crippen LogP) is -2.81. The van der Waals surface area contributed by atoms with Gasteiger partial charge in [-0.25, -0.2) is 4.79 Å². The van der Waals surface area contributed by atoms with E-state index >= 15 is 0 Å². The average molecular weight is 440 g/mol. The van der Waals surface area contributed by atoms with Gasteiger partial charge in [0.1, 0.15) is 29.9 Å². The first-order valence-corrected chi connectivity index (χ1v) is 9.42. The molecule has 5 unspecified atom stereocenters. The third-order valence-corrected chi connectivity index (χ3v) is 4.38. The Hall–Kier alpha value is -3.22. The first-order valence-electron chi connectivity index (χ1n) is 9.42. The molecule has 0 heterocycles. The fourth-order valence-corrected chi connectivity index (χ4v) is 2.43. The summed E-state index contributed by atoms with van der Waals surface area (Å²) >= 11 is 0. The van der Waals surface area contributed by atoms with E-state index < -0.39 is 60.6 Å². The van der Waals surface area contributed by atoms with E-state index in [1.165, 1.54) is 38.1 Å². The fraction of sp³-hybridized carbons (Fsp3) is 0.474. The highest BCUT2D eigenvalue weighted by molar-refractivity contribution is 5.94. The number of nitrogens with two attached hydrogens (primary N) is 1. The van der Waals surface area contributed by atoms with E-state index in [-0.39, 0.29) is 12.2 Å². The lowest BCUT2D eigenvalue weighted by Gasteiger charge is -2.24. The van der Waals surface area contributed by atoms with Gasteiger partial charge in [0, 0.05) is 6.42 Å². The summed E-state index contributed by atoms with van der Waals surface area (Å²) in [6.45, 7) is 1.77. The van der Waals surface area contributed by atoms with Crippen LogP contribution in [-0.2, 0) is 25.6 Å². The molecule has 5 atom stereocenters. The highest BCUT2D eigenvalue weighted by atomic mass is 16.4. The molecule has 1 aromatic carbocycles. The maximum absolute atomic E-state index is 12.7. The van der Waals surface area contributed by atoms with Crippen LogP contribution in [0.1, 0.15) is 19.4 Å². The third-order valence-electron chi connectivity index (χ3n) is 4.38. The van der Waals surface area contributed by atoms with Crippen LogP contribution < -0.4 is 21.7 Å². The Labute approximate surface area is 178 Å². The Morgan fingerprint density at radius 1 is 0.935 bits per heavy atom. The van der Waals surface area contributed by atoms with Crippen molar-refractivity contribution in [1.82, 2.24) is 16.0 Å². The molecule has 12 heteroatoms. The lowest BCUT2D eigenvalue weighted by Crippen LogP contribution is -2.58. The topological polar surface area (TPSA) is 211 Å². The van der Waals surface area contributed by atoms with Gasteiger partial charge in [0.05, 0.1) is 12.7 Å². The zero-order valence-electron chi connectivity index (χ0n) is 17.1. The van der Waals surface area contributed by atoms with E-state index in [1.807, 2.05) is 0 Å². The maximum Gasteiger partial charge on any atom is 0.328 e. The molecule has 0 aliphatic rings. The van der Waals surface area contributed by atoms with Gasteiger partial charge in [-0.05, 0) is 31.5 Å². The van der Waals surface area contributed by atoms with Crippen LogP contribution in [0.25, 0.3) is 0 Å². The molecule has 0 radical (unpaired) electrons. The Kier molecular flexibility index (Phi) is 9.86. The van der Waals surface area contributed by atoms with Gasteiger partial charge in [0.15, 0.2) is 0 Å². The smallest absolute Gasteiger partial charge is 0.328 e. The van der Waals surface area contributed by atoms with Crippen LogP contribution in [0.3, 0.4) is 0 Å². The van der Waals surface area contributed by atoms with Gasteiger partial charge in [-0.2, -0.15) is 0 Å². The molecule has 0 bridgehead atoms. The molecule has 0 fully saturated rings. The summed E-state index contributed by atoms with van der Waals surface area (Å²) in [7, 11) is 0. The third kappa shape index (κ3) is 8.20. The van der Waals surface area contributed by atoms with Gasteiger partial charge >= 0.3 is 5.97 Å². The number of rotatable bonds is 11. The quantitative estimate of drug-likeness (QED) is 0.178. The number of carboxylic acid groups (broad SMARTS) is 1. The number of benzene rings is 1. The van der Waals surface area contributed by atoms with Crippen molar-refractivity contribution in [1.29, 1.82) is 0 Å². The van der Waals surface area contributed by atoms with Crippen molar-refractivity contribution >= 4 is 23.7 Å². The number of amides is 3. The minimum absolute atomic E-state index is 0.00655. The summed E-state index contributed by atoms with van der Waals surface area (Å²) in [5.41, 5.74) is 6.18. The van der Waals surface area contributed by atoms with Crippen LogP contribution in [-0.4, -0.2) is 81.0 Å². The van der Waals surface area contributed by atoms with Gasteiger partial charge in [0.2, 0.25) is 17.7 Å². The van der Waals surface area contributed by atoms with Crippen molar-refractivity contribution in [3.63, 3.8) is 0 Å². The highest BCUT2D eigenvalue weighted by Crippen LogP contribution is 2.12. The Balaban J connectivity index is 2.93. The Bertz CT molecular complexity index is 784. The van der Waals surface area contributed by atoms with Crippen LogP contribution in [0.15, 0.2) is 24.3 Å². The maximum atomic E-state index is 12.7.